The number of carboxylic acid groups (broad SMARTS) is 1. The summed E-state index contributed by atoms with van der Waals surface area (Å²) in [7, 11) is 0. The molecular weight excluding hydrogens is 236 g/mol. The maximum absolute atomic E-state index is 11.1. The predicted molar refractivity (Wildman–Crippen MR) is 78.2 cm³/mol. The van der Waals surface area contributed by atoms with Gasteiger partial charge in [0, 0.05) is 0 Å². The van der Waals surface area contributed by atoms with Crippen LogP contribution in [-0.4, -0.2) is 11.1 Å². The van der Waals surface area contributed by atoms with E-state index in [1.165, 1.54) is 11.1 Å². The summed E-state index contributed by atoms with van der Waals surface area (Å²) in [6, 6.07) is 13.2. The van der Waals surface area contributed by atoms with E-state index < -0.39 is 5.97 Å². The summed E-state index contributed by atoms with van der Waals surface area (Å²) >= 11 is 0. The van der Waals surface area contributed by atoms with Gasteiger partial charge in [-0.3, -0.25) is 0 Å². The van der Waals surface area contributed by atoms with Crippen molar-refractivity contribution in [2.75, 3.05) is 0 Å². The second-order valence-electron chi connectivity index (χ2n) is 4.57. The number of hydrogen-bond acceptors (Lipinski definition) is 1. The number of hydrogen-bond donors (Lipinski definition) is 1. The number of carbonyl (C=O) groups is 1. The van der Waals surface area contributed by atoms with Crippen LogP contribution in [0.2, 0.25) is 0 Å². The van der Waals surface area contributed by atoms with Crippen molar-refractivity contribution in [3.63, 3.8) is 0 Å². The Labute approximate surface area is 113 Å². The fourth-order valence-electron chi connectivity index (χ4n) is 1.89. The topological polar surface area (TPSA) is 37.3 Å². The van der Waals surface area contributed by atoms with Crippen LogP contribution < -0.4 is 0 Å². The quantitative estimate of drug-likeness (QED) is 0.832. The maximum atomic E-state index is 11.1. The molecule has 0 unspecified atom stereocenters. The van der Waals surface area contributed by atoms with E-state index in [0.717, 1.165) is 5.56 Å². The minimum absolute atomic E-state index is 0.322. The molecule has 2 heteroatoms. The van der Waals surface area contributed by atoms with Gasteiger partial charge in [0.1, 0.15) is 0 Å². The molecule has 2 rings (SSSR count). The highest BCUT2D eigenvalue weighted by Crippen LogP contribution is 2.15. The highest BCUT2D eigenvalue weighted by Gasteiger charge is 2.05. The minimum atomic E-state index is -0.902. The van der Waals surface area contributed by atoms with Crippen LogP contribution >= 0.6 is 0 Å². The Morgan fingerprint density at radius 2 is 1.74 bits per heavy atom. The molecule has 0 amide bonds. The molecule has 0 aromatic heterocycles. The second kappa shape index (κ2) is 5.53. The van der Waals surface area contributed by atoms with Crippen molar-refractivity contribution in [2.24, 2.45) is 0 Å². The molecule has 0 saturated carbocycles. The molecule has 0 spiro atoms. The molecule has 19 heavy (non-hydrogen) atoms. The SMILES string of the molecule is Cc1ccc(/C=C/c2ccccc2C(=O)O)cc1C. The molecule has 0 aliphatic rings. The Morgan fingerprint density at radius 1 is 1.00 bits per heavy atom. The van der Waals surface area contributed by atoms with E-state index in [1.807, 2.05) is 24.3 Å². The van der Waals surface area contributed by atoms with E-state index >= 15 is 0 Å². The van der Waals surface area contributed by atoms with Crippen LogP contribution in [0, 0.1) is 13.8 Å². The van der Waals surface area contributed by atoms with Gasteiger partial charge < -0.3 is 5.11 Å². The first kappa shape index (κ1) is 13.1. The fraction of sp³-hybridized carbons (Fsp3) is 0.118. The molecule has 0 aliphatic heterocycles. The third-order valence-corrected chi connectivity index (χ3v) is 3.18. The predicted octanol–water partition coefficient (Wildman–Crippen LogP) is 4.17. The first-order valence-electron chi connectivity index (χ1n) is 6.15. The maximum Gasteiger partial charge on any atom is 0.336 e. The van der Waals surface area contributed by atoms with Crippen LogP contribution in [0.1, 0.15) is 32.6 Å². The standard InChI is InChI=1S/C17H16O2/c1-12-7-8-14(11-13(12)2)9-10-15-5-3-4-6-16(15)17(18)19/h3-11H,1-2H3,(H,18,19)/b10-9+. The summed E-state index contributed by atoms with van der Waals surface area (Å²) in [4.78, 5) is 11.1. The van der Waals surface area contributed by atoms with Crippen molar-refractivity contribution >= 4 is 18.1 Å². The molecule has 2 aromatic carbocycles. The molecule has 2 aromatic rings. The molecular formula is C17H16O2. The lowest BCUT2D eigenvalue weighted by Crippen LogP contribution is -1.98. The molecule has 2 nitrogen and oxygen atoms in total. The summed E-state index contributed by atoms with van der Waals surface area (Å²) in [6.07, 6.45) is 3.78. The van der Waals surface area contributed by atoms with E-state index in [1.54, 1.807) is 18.2 Å². The van der Waals surface area contributed by atoms with Crippen LogP contribution in [-0.2, 0) is 0 Å². The van der Waals surface area contributed by atoms with Gasteiger partial charge in [0.15, 0.2) is 0 Å². The number of aryl methyl sites for hydroxylation is 2. The van der Waals surface area contributed by atoms with Crippen LogP contribution in [0.4, 0.5) is 0 Å². The summed E-state index contributed by atoms with van der Waals surface area (Å²) < 4.78 is 0. The smallest absolute Gasteiger partial charge is 0.336 e. The Hall–Kier alpha value is -2.35. The number of benzene rings is 2. The molecule has 0 fully saturated rings. The van der Waals surface area contributed by atoms with Crippen LogP contribution in [0.3, 0.4) is 0 Å². The zero-order valence-electron chi connectivity index (χ0n) is 11.1. The van der Waals surface area contributed by atoms with E-state index in [9.17, 15) is 4.79 Å². The first-order valence-corrected chi connectivity index (χ1v) is 6.15. The van der Waals surface area contributed by atoms with Crippen LogP contribution in [0.15, 0.2) is 42.5 Å². The molecule has 0 radical (unpaired) electrons. The van der Waals surface area contributed by atoms with Gasteiger partial charge >= 0.3 is 5.97 Å². The van der Waals surface area contributed by atoms with Crippen molar-refractivity contribution in [1.29, 1.82) is 0 Å². The van der Waals surface area contributed by atoms with E-state index in [4.69, 9.17) is 5.11 Å². The van der Waals surface area contributed by atoms with Crippen molar-refractivity contribution in [2.45, 2.75) is 13.8 Å². The molecule has 0 aliphatic carbocycles. The van der Waals surface area contributed by atoms with Crippen molar-refractivity contribution < 1.29 is 9.90 Å². The number of rotatable bonds is 3. The molecule has 0 heterocycles. The normalized spacial score (nSPS) is 10.8. The van der Waals surface area contributed by atoms with Gasteiger partial charge in [0.25, 0.3) is 0 Å². The van der Waals surface area contributed by atoms with Gasteiger partial charge in [-0.05, 0) is 42.2 Å². The van der Waals surface area contributed by atoms with Gasteiger partial charge in [-0.2, -0.15) is 0 Å². The molecule has 0 bridgehead atoms. The Morgan fingerprint density at radius 3 is 2.42 bits per heavy atom. The van der Waals surface area contributed by atoms with Crippen LogP contribution in [0.5, 0.6) is 0 Å². The molecule has 96 valence electrons. The summed E-state index contributed by atoms with van der Waals surface area (Å²) in [5.74, 6) is -0.902. The highest BCUT2D eigenvalue weighted by atomic mass is 16.4. The number of carboxylic acids is 1. The lowest BCUT2D eigenvalue weighted by molar-refractivity contribution is 0.0696. The van der Waals surface area contributed by atoms with Crippen molar-refractivity contribution in [3.05, 3.63) is 70.3 Å². The van der Waals surface area contributed by atoms with Gasteiger partial charge in [0.05, 0.1) is 5.56 Å². The van der Waals surface area contributed by atoms with E-state index in [2.05, 4.69) is 26.0 Å². The largest absolute Gasteiger partial charge is 0.478 e. The highest BCUT2D eigenvalue weighted by molar-refractivity contribution is 5.93. The zero-order valence-corrected chi connectivity index (χ0v) is 11.1. The summed E-state index contributed by atoms with van der Waals surface area (Å²) in [6.45, 7) is 4.14. The van der Waals surface area contributed by atoms with Gasteiger partial charge in [-0.1, -0.05) is 48.6 Å². The van der Waals surface area contributed by atoms with Gasteiger partial charge in [-0.15, -0.1) is 0 Å². The van der Waals surface area contributed by atoms with Crippen molar-refractivity contribution in [3.8, 4) is 0 Å². The Bertz CT molecular complexity index is 639. The molecule has 1 N–H and O–H groups in total. The van der Waals surface area contributed by atoms with Crippen LogP contribution in [0.25, 0.3) is 12.2 Å². The fourth-order valence-corrected chi connectivity index (χ4v) is 1.89. The molecule has 0 saturated heterocycles. The summed E-state index contributed by atoms with van der Waals surface area (Å²) in [5, 5.41) is 9.11. The Kier molecular flexibility index (Phi) is 3.81. The monoisotopic (exact) mass is 252 g/mol. The zero-order chi connectivity index (χ0) is 13.8. The summed E-state index contributed by atoms with van der Waals surface area (Å²) in [5.41, 5.74) is 4.59. The van der Waals surface area contributed by atoms with Gasteiger partial charge in [-0.25, -0.2) is 4.79 Å². The second-order valence-corrected chi connectivity index (χ2v) is 4.57. The van der Waals surface area contributed by atoms with Crippen molar-refractivity contribution in [1.82, 2.24) is 0 Å². The van der Waals surface area contributed by atoms with E-state index in [-0.39, 0.29) is 0 Å². The molecule has 0 atom stereocenters. The minimum Gasteiger partial charge on any atom is -0.478 e. The lowest BCUT2D eigenvalue weighted by Gasteiger charge is -2.02. The Balaban J connectivity index is 2.32. The number of aromatic carboxylic acids is 1. The third-order valence-electron chi connectivity index (χ3n) is 3.18. The third kappa shape index (κ3) is 3.10. The average molecular weight is 252 g/mol. The average Bonchev–Trinajstić information content (AvgIpc) is 2.40. The van der Waals surface area contributed by atoms with E-state index in [0.29, 0.717) is 11.1 Å². The lowest BCUT2D eigenvalue weighted by atomic mass is 10.0. The first-order chi connectivity index (χ1) is 9.08. The van der Waals surface area contributed by atoms with Gasteiger partial charge in [0.2, 0.25) is 0 Å².